The third kappa shape index (κ3) is 42.1. The second-order valence-corrected chi connectivity index (χ2v) is 5.01. The molecule has 0 saturated carbocycles. The van der Waals surface area contributed by atoms with E-state index in [1.54, 1.807) is 0 Å². The molecule has 0 unspecified atom stereocenters. The van der Waals surface area contributed by atoms with Crippen molar-refractivity contribution in [2.45, 2.75) is 0 Å². The molecule has 34 valence electrons. The van der Waals surface area contributed by atoms with Gasteiger partial charge < -0.3 is 11.0 Å². The summed E-state index contributed by atoms with van der Waals surface area (Å²) in [5, 5.41) is 0. The van der Waals surface area contributed by atoms with Crippen molar-refractivity contribution in [3.8, 4) is 0 Å². The predicted octanol–water partition coefficient (Wildman–Crippen LogP) is 1.05. The Morgan fingerprint density at radius 3 is 1.00 bits per heavy atom. The average molecular weight is 328 g/mol. The van der Waals surface area contributed by atoms with Gasteiger partial charge in [0.15, 0.2) is 0 Å². The molecule has 0 bridgehead atoms. The van der Waals surface area contributed by atoms with E-state index in [1.165, 1.54) is 0 Å². The minimum atomic E-state index is -0.583. The first-order chi connectivity index (χ1) is 1.41. The maximum absolute atomic E-state index is 4.38. The van der Waals surface area contributed by atoms with Crippen molar-refractivity contribution >= 4 is 19.6 Å². The molecule has 0 aromatic carbocycles. The summed E-state index contributed by atoms with van der Waals surface area (Å²) in [6.07, 6.45) is 0. The van der Waals surface area contributed by atoms with E-state index in [-0.39, 0.29) is 32.7 Å². The van der Waals surface area contributed by atoms with Crippen molar-refractivity contribution in [3.05, 3.63) is 0 Å². The molecule has 0 aliphatic heterocycles. The van der Waals surface area contributed by atoms with Gasteiger partial charge in [-0.1, -0.05) is 0 Å². The number of hydrogen-bond donors (Lipinski definition) is 0. The van der Waals surface area contributed by atoms with Crippen molar-refractivity contribution in [3.63, 3.8) is 0 Å². The predicted molar refractivity (Wildman–Crippen MR) is 16.6 cm³/mol. The molecule has 6 heavy (non-hydrogen) atoms. The summed E-state index contributed by atoms with van der Waals surface area (Å²) in [5.74, 6) is 0. The summed E-state index contributed by atoms with van der Waals surface area (Å²) in [5.41, 5.74) is 0. The molecule has 2 nitrogen and oxygen atoms in total. The summed E-state index contributed by atoms with van der Waals surface area (Å²) in [6.45, 7) is 0. The Morgan fingerprint density at radius 2 is 1.00 bits per heavy atom. The van der Waals surface area contributed by atoms with Gasteiger partial charge in [-0.3, -0.25) is 0 Å². The Labute approximate surface area is 66.6 Å². The summed E-state index contributed by atoms with van der Waals surface area (Å²) in [6, 6.07) is 0. The molecular formula is O2S2TiW. The molecule has 0 saturated heterocycles. The van der Waals surface area contributed by atoms with Crippen LogP contribution < -0.4 is 0 Å². The van der Waals surface area contributed by atoms with Gasteiger partial charge in [0, 0.05) is 0 Å². The van der Waals surface area contributed by atoms with E-state index >= 15 is 0 Å². The molecule has 0 heterocycles. The van der Waals surface area contributed by atoms with Gasteiger partial charge in [0.2, 0.25) is 0 Å². The van der Waals surface area contributed by atoms with Crippen molar-refractivity contribution in [1.29, 1.82) is 0 Å². The van der Waals surface area contributed by atoms with Crippen LogP contribution in [0.3, 0.4) is 0 Å². The Hall–Kier alpha value is 1.76. The van der Waals surface area contributed by atoms with Crippen LogP contribution in [0.25, 0.3) is 0 Å². The maximum atomic E-state index is 4.38. The first-order valence-corrected chi connectivity index (χ1v) is 8.19. The first-order valence-electron chi connectivity index (χ1n) is 0.333. The van der Waals surface area contributed by atoms with E-state index in [4.69, 9.17) is 0 Å². The van der Waals surface area contributed by atoms with E-state index < -0.39 is 14.9 Å². The molecule has 0 radical (unpaired) electrons. The molecule has 0 N–H and O–H groups in total. The van der Waals surface area contributed by atoms with Crippen LogP contribution in [0, 0.1) is 0 Å². The largest absolute Gasteiger partial charge is 4.00 e. The van der Waals surface area contributed by atoms with Gasteiger partial charge in [0.05, 0.1) is 0 Å². The van der Waals surface area contributed by atoms with E-state index in [0.29, 0.717) is 0 Å². The van der Waals surface area contributed by atoms with E-state index in [2.05, 4.69) is 19.6 Å². The second kappa shape index (κ2) is 29.4. The fourth-order valence-corrected chi connectivity index (χ4v) is 0. The van der Waals surface area contributed by atoms with Crippen LogP contribution in [-0.4, -0.2) is 0 Å². The van der Waals surface area contributed by atoms with Crippen molar-refractivity contribution in [2.75, 3.05) is 0 Å². The van der Waals surface area contributed by atoms with Gasteiger partial charge in [-0.05, 0) is 0 Å². The van der Waals surface area contributed by atoms with Gasteiger partial charge >= 0.3 is 56.3 Å². The van der Waals surface area contributed by atoms with E-state index in [0.717, 1.165) is 0 Å². The molecule has 0 aliphatic carbocycles. The van der Waals surface area contributed by atoms with E-state index in [1.807, 2.05) is 0 Å². The van der Waals surface area contributed by atoms with Crippen LogP contribution in [0.5, 0.6) is 0 Å². The standard InChI is InChI=1S/2O.2S.Ti.W/q2*-2;;;+4;. The van der Waals surface area contributed by atoms with Crippen LogP contribution in [0.15, 0.2) is 0 Å². The van der Waals surface area contributed by atoms with Gasteiger partial charge in [0.25, 0.3) is 0 Å². The minimum absolute atomic E-state index is 0. The molecule has 0 aromatic heterocycles. The third-order valence-electron chi connectivity index (χ3n) is 0. The van der Waals surface area contributed by atoms with Crippen molar-refractivity contribution in [1.82, 2.24) is 0 Å². The van der Waals surface area contributed by atoms with Gasteiger partial charge in [-0.15, -0.1) is 0 Å². The fraction of sp³-hybridized carbons (Fsp3) is 0. The zero-order valence-corrected chi connectivity index (χ0v) is 8.67. The van der Waals surface area contributed by atoms with Crippen LogP contribution in [0.2, 0.25) is 0 Å². The zero-order chi connectivity index (χ0) is 2.71. The SMILES string of the molecule is [O-2].[O-2].[S]=[W]=[S].[Ti+4]. The summed E-state index contributed by atoms with van der Waals surface area (Å²) in [4.78, 5) is 0. The Morgan fingerprint density at radius 1 is 1.00 bits per heavy atom. The third-order valence-corrected chi connectivity index (χ3v) is 0. The summed E-state index contributed by atoms with van der Waals surface area (Å²) < 4.78 is 0. The molecule has 6 heteroatoms. The molecule has 0 atom stereocenters. The van der Waals surface area contributed by atoms with Crippen LogP contribution in [-0.2, 0) is 47.6 Å². The van der Waals surface area contributed by atoms with Crippen molar-refractivity contribution < 1.29 is 47.6 Å². The summed E-state index contributed by atoms with van der Waals surface area (Å²) in [7, 11) is 8.75. The number of rotatable bonds is 0. The second-order valence-electron chi connectivity index (χ2n) is 0.0680. The molecule has 0 aromatic rings. The van der Waals surface area contributed by atoms with Gasteiger partial charge in [-0.2, -0.15) is 0 Å². The number of hydrogen-bond acceptors (Lipinski definition) is 2. The Kier molecular flexibility index (Phi) is 123. The molecule has 0 fully saturated rings. The van der Waals surface area contributed by atoms with Crippen LogP contribution in [0.1, 0.15) is 0 Å². The topological polar surface area (TPSA) is 57.0 Å². The van der Waals surface area contributed by atoms with E-state index in [9.17, 15) is 0 Å². The minimum Gasteiger partial charge on any atom is 4.00 e. The van der Waals surface area contributed by atoms with Gasteiger partial charge in [-0.25, -0.2) is 0 Å². The molecular weight excluding hydrogens is 328 g/mol. The zero-order valence-electron chi connectivity index (χ0n) is 2.54. The smallest absolute Gasteiger partial charge is 4.00 e. The monoisotopic (exact) mass is 328 g/mol. The normalized spacial score (nSPS) is 2.00. The average Bonchev–Trinajstić information content (AvgIpc) is 0.918. The Bertz CT molecular complexity index is 32.5. The quantitative estimate of drug-likeness (QED) is 0.625. The first kappa shape index (κ1) is 25.1. The van der Waals surface area contributed by atoms with Crippen molar-refractivity contribution in [2.24, 2.45) is 0 Å². The van der Waals surface area contributed by atoms with Gasteiger partial charge in [0.1, 0.15) is 0 Å². The molecule has 0 amide bonds. The maximum Gasteiger partial charge on any atom is 4.00 e. The van der Waals surface area contributed by atoms with Crippen LogP contribution in [0.4, 0.5) is 0 Å². The Balaban J connectivity index is -0.00000000667. The fourth-order valence-electron chi connectivity index (χ4n) is 0. The summed E-state index contributed by atoms with van der Waals surface area (Å²) >= 11 is -0.583. The molecule has 0 rings (SSSR count). The molecule has 0 aliphatic rings. The van der Waals surface area contributed by atoms with Crippen LogP contribution >= 0.6 is 19.6 Å². The molecule has 0 spiro atoms.